The molecule has 0 fully saturated rings. The number of hydrogen-bond acceptors (Lipinski definition) is 3. The summed E-state index contributed by atoms with van der Waals surface area (Å²) in [4.78, 5) is 2.57. The highest BCUT2D eigenvalue weighted by atomic mass is 16.5. The normalized spacial score (nSPS) is 13.7. The molecule has 1 N–H and O–H groups in total. The number of ether oxygens (including phenoxy) is 1. The maximum atomic E-state index is 5.22. The first kappa shape index (κ1) is 18.9. The lowest BCUT2D eigenvalue weighted by Gasteiger charge is -2.30. The molecule has 0 aliphatic heterocycles. The van der Waals surface area contributed by atoms with Gasteiger partial charge in [-0.25, -0.2) is 0 Å². The van der Waals surface area contributed by atoms with Gasteiger partial charge in [0.05, 0.1) is 6.61 Å². The van der Waals surface area contributed by atoms with E-state index in [1.54, 1.807) is 7.11 Å². The van der Waals surface area contributed by atoms with Crippen molar-refractivity contribution in [2.45, 2.75) is 53.5 Å². The van der Waals surface area contributed by atoms with Crippen LogP contribution in [0.1, 0.15) is 47.5 Å². The van der Waals surface area contributed by atoms with E-state index in [-0.39, 0.29) is 0 Å². The Morgan fingerprint density at radius 2 is 1.74 bits per heavy atom. The van der Waals surface area contributed by atoms with Gasteiger partial charge in [0.25, 0.3) is 0 Å². The van der Waals surface area contributed by atoms with Gasteiger partial charge >= 0.3 is 0 Å². The molecule has 0 saturated heterocycles. The standard InChI is InChI=1S/C16H36N2O/c1-14(2)12-17-9-7-8-16(5)18(10-11-19-6)13-15(3)4/h14-17H,7-13H2,1-6H3. The highest BCUT2D eigenvalue weighted by molar-refractivity contribution is 4.69. The van der Waals surface area contributed by atoms with Gasteiger partial charge in [-0.1, -0.05) is 27.7 Å². The molecule has 1 unspecified atom stereocenters. The third kappa shape index (κ3) is 11.4. The van der Waals surface area contributed by atoms with Crippen molar-refractivity contribution in [2.24, 2.45) is 11.8 Å². The van der Waals surface area contributed by atoms with E-state index in [1.165, 1.54) is 19.4 Å². The van der Waals surface area contributed by atoms with E-state index in [9.17, 15) is 0 Å². The first-order chi connectivity index (χ1) is 8.97. The molecule has 0 rings (SSSR count). The quantitative estimate of drug-likeness (QED) is 0.553. The summed E-state index contributed by atoms with van der Waals surface area (Å²) < 4.78 is 5.22. The summed E-state index contributed by atoms with van der Waals surface area (Å²) in [6.07, 6.45) is 2.52. The number of nitrogens with one attached hydrogen (secondary N) is 1. The third-order valence-corrected chi connectivity index (χ3v) is 3.33. The summed E-state index contributed by atoms with van der Waals surface area (Å²) in [6.45, 7) is 16.8. The predicted molar refractivity (Wildman–Crippen MR) is 84.7 cm³/mol. The van der Waals surface area contributed by atoms with Gasteiger partial charge < -0.3 is 10.1 Å². The molecule has 0 bridgehead atoms. The van der Waals surface area contributed by atoms with Crippen LogP contribution in [-0.4, -0.2) is 50.8 Å². The molecule has 0 aliphatic carbocycles. The Morgan fingerprint density at radius 3 is 2.26 bits per heavy atom. The van der Waals surface area contributed by atoms with Crippen LogP contribution in [0, 0.1) is 11.8 Å². The first-order valence-electron chi connectivity index (χ1n) is 7.91. The summed E-state index contributed by atoms with van der Waals surface area (Å²) in [5, 5.41) is 3.52. The SMILES string of the molecule is COCCN(CC(C)C)C(C)CCCNCC(C)C. The molecule has 3 nitrogen and oxygen atoms in total. The molecule has 19 heavy (non-hydrogen) atoms. The minimum atomic E-state index is 0.651. The molecule has 116 valence electrons. The summed E-state index contributed by atoms with van der Waals surface area (Å²) in [6, 6.07) is 0.651. The van der Waals surface area contributed by atoms with Crippen molar-refractivity contribution in [1.29, 1.82) is 0 Å². The molecule has 0 amide bonds. The zero-order valence-electron chi connectivity index (χ0n) is 14.0. The fourth-order valence-electron chi connectivity index (χ4n) is 2.26. The second-order valence-corrected chi connectivity index (χ2v) is 6.47. The molecule has 0 radical (unpaired) electrons. The predicted octanol–water partition coefficient (Wildman–Crippen LogP) is 3.01. The Hall–Kier alpha value is -0.120. The zero-order valence-corrected chi connectivity index (χ0v) is 14.0. The third-order valence-electron chi connectivity index (χ3n) is 3.33. The Balaban J connectivity index is 3.85. The van der Waals surface area contributed by atoms with Gasteiger partial charge in [-0.2, -0.15) is 0 Å². The van der Waals surface area contributed by atoms with Gasteiger partial charge in [-0.15, -0.1) is 0 Å². The highest BCUT2D eigenvalue weighted by Crippen LogP contribution is 2.09. The molecule has 0 aromatic rings. The maximum absolute atomic E-state index is 5.22. The monoisotopic (exact) mass is 272 g/mol. The van der Waals surface area contributed by atoms with Gasteiger partial charge in [-0.3, -0.25) is 4.90 Å². The van der Waals surface area contributed by atoms with Crippen LogP contribution in [0.3, 0.4) is 0 Å². The van der Waals surface area contributed by atoms with Crippen LogP contribution in [0.25, 0.3) is 0 Å². The lowest BCUT2D eigenvalue weighted by molar-refractivity contribution is 0.111. The van der Waals surface area contributed by atoms with Crippen molar-refractivity contribution in [3.8, 4) is 0 Å². The van der Waals surface area contributed by atoms with E-state index >= 15 is 0 Å². The largest absolute Gasteiger partial charge is 0.383 e. The van der Waals surface area contributed by atoms with Gasteiger partial charge in [0.2, 0.25) is 0 Å². The van der Waals surface area contributed by atoms with E-state index in [0.29, 0.717) is 6.04 Å². The Labute approximate surface area is 121 Å². The van der Waals surface area contributed by atoms with E-state index in [2.05, 4.69) is 44.8 Å². The zero-order chi connectivity index (χ0) is 14.7. The van der Waals surface area contributed by atoms with Crippen LogP contribution in [0.2, 0.25) is 0 Å². The van der Waals surface area contributed by atoms with Crippen LogP contribution in [0.5, 0.6) is 0 Å². The average molecular weight is 272 g/mol. The Bertz CT molecular complexity index is 195. The van der Waals surface area contributed by atoms with Gasteiger partial charge in [0, 0.05) is 26.2 Å². The molecule has 0 heterocycles. The van der Waals surface area contributed by atoms with Crippen molar-refractivity contribution in [3.63, 3.8) is 0 Å². The van der Waals surface area contributed by atoms with Gasteiger partial charge in [0.15, 0.2) is 0 Å². The number of rotatable bonds is 12. The lowest BCUT2D eigenvalue weighted by atomic mass is 10.1. The van der Waals surface area contributed by atoms with Crippen LogP contribution >= 0.6 is 0 Å². The van der Waals surface area contributed by atoms with Crippen LogP contribution in [0.15, 0.2) is 0 Å². The Kier molecular flexibility index (Phi) is 11.6. The van der Waals surface area contributed by atoms with Gasteiger partial charge in [0.1, 0.15) is 0 Å². The number of hydrogen-bond donors (Lipinski definition) is 1. The minimum absolute atomic E-state index is 0.651. The molecule has 0 aromatic heterocycles. The number of nitrogens with zero attached hydrogens (tertiary/aromatic N) is 1. The van der Waals surface area contributed by atoms with Crippen LogP contribution < -0.4 is 5.32 Å². The van der Waals surface area contributed by atoms with E-state index < -0.39 is 0 Å². The first-order valence-corrected chi connectivity index (χ1v) is 7.91. The molecule has 0 spiro atoms. The second kappa shape index (κ2) is 11.7. The number of methoxy groups -OCH3 is 1. The van der Waals surface area contributed by atoms with Crippen molar-refractivity contribution in [3.05, 3.63) is 0 Å². The summed E-state index contributed by atoms with van der Waals surface area (Å²) in [5.74, 6) is 1.47. The van der Waals surface area contributed by atoms with Crippen molar-refractivity contribution in [1.82, 2.24) is 10.2 Å². The van der Waals surface area contributed by atoms with Crippen molar-refractivity contribution < 1.29 is 4.74 Å². The average Bonchev–Trinajstić information content (AvgIpc) is 2.32. The molecule has 0 aliphatic rings. The second-order valence-electron chi connectivity index (χ2n) is 6.47. The summed E-state index contributed by atoms with van der Waals surface area (Å²) in [7, 11) is 1.79. The highest BCUT2D eigenvalue weighted by Gasteiger charge is 2.14. The van der Waals surface area contributed by atoms with Gasteiger partial charge in [-0.05, 0) is 44.7 Å². The van der Waals surface area contributed by atoms with Crippen molar-refractivity contribution in [2.75, 3.05) is 39.9 Å². The maximum Gasteiger partial charge on any atom is 0.0589 e. The fraction of sp³-hybridized carbons (Fsp3) is 1.00. The summed E-state index contributed by atoms with van der Waals surface area (Å²) >= 11 is 0. The van der Waals surface area contributed by atoms with Crippen LogP contribution in [0.4, 0.5) is 0 Å². The van der Waals surface area contributed by atoms with Crippen LogP contribution in [-0.2, 0) is 4.74 Å². The molecule has 0 saturated carbocycles. The van der Waals surface area contributed by atoms with Crippen molar-refractivity contribution >= 4 is 0 Å². The molecular weight excluding hydrogens is 236 g/mol. The Morgan fingerprint density at radius 1 is 1.05 bits per heavy atom. The fourth-order valence-corrected chi connectivity index (χ4v) is 2.26. The minimum Gasteiger partial charge on any atom is -0.383 e. The molecule has 1 atom stereocenters. The molecular formula is C16H36N2O. The van der Waals surface area contributed by atoms with E-state index in [4.69, 9.17) is 4.74 Å². The topological polar surface area (TPSA) is 24.5 Å². The molecule has 3 heteroatoms. The van der Waals surface area contributed by atoms with E-state index in [1.807, 2.05) is 0 Å². The van der Waals surface area contributed by atoms with E-state index in [0.717, 1.165) is 38.1 Å². The molecule has 0 aromatic carbocycles. The lowest BCUT2D eigenvalue weighted by Crippen LogP contribution is -2.38. The summed E-state index contributed by atoms with van der Waals surface area (Å²) in [5.41, 5.74) is 0. The smallest absolute Gasteiger partial charge is 0.0589 e.